The van der Waals surface area contributed by atoms with Gasteiger partial charge in [0.25, 0.3) is 0 Å². The van der Waals surface area contributed by atoms with E-state index in [0.717, 1.165) is 35.6 Å². The predicted octanol–water partition coefficient (Wildman–Crippen LogP) is 2.53. The highest BCUT2D eigenvalue weighted by molar-refractivity contribution is 7.89. The van der Waals surface area contributed by atoms with Crippen LogP contribution in [0.4, 0.5) is 13.2 Å². The number of ether oxygens (including phenoxy) is 2. The number of halogens is 3. The Bertz CT molecular complexity index is 913. The number of alkyl halides is 3. The van der Waals surface area contributed by atoms with Gasteiger partial charge in [0.15, 0.2) is 0 Å². The Kier molecular flexibility index (Phi) is 5.31. The van der Waals surface area contributed by atoms with Crippen LogP contribution in [-0.4, -0.2) is 33.0 Å². The first-order valence-corrected chi connectivity index (χ1v) is 9.41. The van der Waals surface area contributed by atoms with E-state index in [1.165, 1.54) is 0 Å². The second-order valence-corrected chi connectivity index (χ2v) is 7.62. The lowest BCUT2D eigenvalue weighted by Gasteiger charge is -2.14. The molecule has 1 aliphatic heterocycles. The highest BCUT2D eigenvalue weighted by atomic mass is 32.2. The molecule has 3 rings (SSSR count). The van der Waals surface area contributed by atoms with E-state index in [1.807, 2.05) is 0 Å². The first kappa shape index (κ1) is 19.5. The van der Waals surface area contributed by atoms with E-state index < -0.39 is 28.2 Å². The van der Waals surface area contributed by atoms with Gasteiger partial charge in [-0.2, -0.15) is 0 Å². The summed E-state index contributed by atoms with van der Waals surface area (Å²) in [6, 6.07) is 8.90. The Balaban J connectivity index is 1.64. The molecule has 0 fully saturated rings. The minimum absolute atomic E-state index is 0.244. The molecule has 10 heteroatoms. The second-order valence-electron chi connectivity index (χ2n) is 5.85. The average Bonchev–Trinajstić information content (AvgIpc) is 3.06. The van der Waals surface area contributed by atoms with E-state index in [4.69, 9.17) is 4.74 Å². The van der Waals surface area contributed by atoms with E-state index >= 15 is 0 Å². The van der Waals surface area contributed by atoms with E-state index in [1.54, 1.807) is 18.2 Å². The molecular weight excluding hydrogens is 387 g/mol. The highest BCUT2D eigenvalue weighted by Gasteiger charge is 2.31. The van der Waals surface area contributed by atoms with Crippen LogP contribution in [0.5, 0.6) is 11.5 Å². The standard InChI is InChI=1S/C17H16F3NO5S/c18-17(19,20)26-13-2-4-14(5-3-13)27(23,24)21-10-15(22)11-1-6-16-12(9-11)7-8-25-16/h1-6,9,15,21-22H,7-8,10H2/t15-/m1/s1. The summed E-state index contributed by atoms with van der Waals surface area (Å²) < 4.78 is 72.2. The van der Waals surface area contributed by atoms with Crippen LogP contribution in [0.25, 0.3) is 0 Å². The van der Waals surface area contributed by atoms with Crippen molar-refractivity contribution >= 4 is 10.0 Å². The minimum Gasteiger partial charge on any atom is -0.493 e. The fraction of sp³-hybridized carbons (Fsp3) is 0.294. The molecule has 1 heterocycles. The van der Waals surface area contributed by atoms with Crippen LogP contribution in [0.3, 0.4) is 0 Å². The van der Waals surface area contributed by atoms with Gasteiger partial charge in [-0.05, 0) is 47.5 Å². The van der Waals surface area contributed by atoms with Gasteiger partial charge in [-0.15, -0.1) is 13.2 Å². The van der Waals surface area contributed by atoms with Crippen molar-refractivity contribution in [3.8, 4) is 11.5 Å². The summed E-state index contributed by atoms with van der Waals surface area (Å²) in [6.45, 7) is 0.276. The number of hydrogen-bond donors (Lipinski definition) is 2. The molecule has 0 radical (unpaired) electrons. The molecule has 0 saturated heterocycles. The van der Waals surface area contributed by atoms with Gasteiger partial charge < -0.3 is 14.6 Å². The van der Waals surface area contributed by atoms with E-state index in [-0.39, 0.29) is 11.4 Å². The number of sulfonamides is 1. The van der Waals surface area contributed by atoms with Gasteiger partial charge in [0.1, 0.15) is 11.5 Å². The summed E-state index contributed by atoms with van der Waals surface area (Å²) in [6.07, 6.45) is -5.23. The molecule has 2 N–H and O–H groups in total. The van der Waals surface area contributed by atoms with Crippen molar-refractivity contribution in [2.45, 2.75) is 23.8 Å². The average molecular weight is 403 g/mol. The maximum absolute atomic E-state index is 12.2. The van der Waals surface area contributed by atoms with Crippen LogP contribution >= 0.6 is 0 Å². The van der Waals surface area contributed by atoms with Crippen LogP contribution in [0, 0.1) is 0 Å². The summed E-state index contributed by atoms with van der Waals surface area (Å²) in [4.78, 5) is -0.244. The molecule has 0 saturated carbocycles. The zero-order chi connectivity index (χ0) is 19.7. The van der Waals surface area contributed by atoms with Crippen molar-refractivity contribution in [1.29, 1.82) is 0 Å². The van der Waals surface area contributed by atoms with Gasteiger partial charge >= 0.3 is 6.36 Å². The first-order valence-electron chi connectivity index (χ1n) is 7.93. The number of fused-ring (bicyclic) bond motifs is 1. The Morgan fingerprint density at radius 1 is 1.19 bits per heavy atom. The van der Waals surface area contributed by atoms with Gasteiger partial charge in [-0.25, -0.2) is 13.1 Å². The normalized spacial score (nSPS) is 15.1. The fourth-order valence-corrected chi connectivity index (χ4v) is 3.66. The second kappa shape index (κ2) is 7.37. The third-order valence-electron chi connectivity index (χ3n) is 3.93. The topological polar surface area (TPSA) is 84.9 Å². The van der Waals surface area contributed by atoms with Crippen molar-refractivity contribution in [1.82, 2.24) is 4.72 Å². The van der Waals surface area contributed by atoms with Crippen LogP contribution in [0.1, 0.15) is 17.2 Å². The Morgan fingerprint density at radius 2 is 1.89 bits per heavy atom. The number of aliphatic hydroxyl groups excluding tert-OH is 1. The number of aliphatic hydroxyl groups is 1. The van der Waals surface area contributed by atoms with Gasteiger partial charge in [0.05, 0.1) is 17.6 Å². The quantitative estimate of drug-likeness (QED) is 0.774. The first-order chi connectivity index (χ1) is 12.6. The number of nitrogens with one attached hydrogen (secondary N) is 1. The van der Waals surface area contributed by atoms with Crippen LogP contribution in [0.15, 0.2) is 47.4 Å². The van der Waals surface area contributed by atoms with Crippen molar-refractivity contribution in [3.05, 3.63) is 53.6 Å². The maximum Gasteiger partial charge on any atom is 0.573 e. The van der Waals surface area contributed by atoms with Crippen molar-refractivity contribution in [2.24, 2.45) is 0 Å². The summed E-state index contributed by atoms with van der Waals surface area (Å²) in [5, 5.41) is 10.2. The SMILES string of the molecule is O=S(=O)(NC[C@@H](O)c1ccc2c(c1)CCO2)c1ccc(OC(F)(F)F)cc1. The lowest BCUT2D eigenvalue weighted by Crippen LogP contribution is -2.28. The molecule has 0 aliphatic carbocycles. The molecule has 146 valence electrons. The molecule has 1 aliphatic rings. The third kappa shape index (κ3) is 4.90. The molecular formula is C17H16F3NO5S. The van der Waals surface area contributed by atoms with E-state index in [2.05, 4.69) is 9.46 Å². The van der Waals surface area contributed by atoms with Gasteiger partial charge in [-0.1, -0.05) is 6.07 Å². The van der Waals surface area contributed by atoms with Crippen LogP contribution < -0.4 is 14.2 Å². The summed E-state index contributed by atoms with van der Waals surface area (Å²) in [5.74, 6) is 0.217. The monoisotopic (exact) mass is 403 g/mol. The predicted molar refractivity (Wildman–Crippen MR) is 88.9 cm³/mol. The smallest absolute Gasteiger partial charge is 0.493 e. The van der Waals surface area contributed by atoms with Crippen LogP contribution in [0.2, 0.25) is 0 Å². The molecule has 2 aromatic carbocycles. The van der Waals surface area contributed by atoms with Gasteiger partial charge in [0, 0.05) is 13.0 Å². The maximum atomic E-state index is 12.2. The molecule has 0 unspecified atom stereocenters. The molecule has 27 heavy (non-hydrogen) atoms. The molecule has 0 amide bonds. The molecule has 0 bridgehead atoms. The highest BCUT2D eigenvalue weighted by Crippen LogP contribution is 2.28. The lowest BCUT2D eigenvalue weighted by atomic mass is 10.0. The molecule has 0 aromatic heterocycles. The zero-order valence-corrected chi connectivity index (χ0v) is 14.7. The third-order valence-corrected chi connectivity index (χ3v) is 5.37. The van der Waals surface area contributed by atoms with E-state index in [9.17, 15) is 26.7 Å². The molecule has 6 nitrogen and oxygen atoms in total. The number of benzene rings is 2. The fourth-order valence-electron chi connectivity index (χ4n) is 2.62. The summed E-state index contributed by atoms with van der Waals surface area (Å²) >= 11 is 0. The van der Waals surface area contributed by atoms with Gasteiger partial charge in [0.2, 0.25) is 10.0 Å². The molecule has 1 atom stereocenters. The number of rotatable bonds is 6. The van der Waals surface area contributed by atoms with Crippen molar-refractivity contribution in [2.75, 3.05) is 13.2 Å². The Morgan fingerprint density at radius 3 is 2.56 bits per heavy atom. The van der Waals surface area contributed by atoms with Crippen LogP contribution in [-0.2, 0) is 16.4 Å². The zero-order valence-electron chi connectivity index (χ0n) is 13.9. The van der Waals surface area contributed by atoms with Crippen molar-refractivity contribution < 1.29 is 36.2 Å². The van der Waals surface area contributed by atoms with Gasteiger partial charge in [-0.3, -0.25) is 0 Å². The summed E-state index contributed by atoms with van der Waals surface area (Å²) in [7, 11) is -4.01. The van der Waals surface area contributed by atoms with Crippen molar-refractivity contribution in [3.63, 3.8) is 0 Å². The molecule has 2 aromatic rings. The Hall–Kier alpha value is -2.30. The lowest BCUT2D eigenvalue weighted by molar-refractivity contribution is -0.274. The number of hydrogen-bond acceptors (Lipinski definition) is 5. The summed E-state index contributed by atoms with van der Waals surface area (Å²) in [5.41, 5.74) is 1.48. The largest absolute Gasteiger partial charge is 0.573 e. The Labute approximate surface area is 153 Å². The molecule has 0 spiro atoms. The minimum atomic E-state index is -4.86. The van der Waals surface area contributed by atoms with E-state index in [0.29, 0.717) is 18.6 Å².